The van der Waals surface area contributed by atoms with Crippen LogP contribution >= 0.6 is 11.6 Å². The highest BCUT2D eigenvalue weighted by atomic mass is 35.5. The van der Waals surface area contributed by atoms with Crippen molar-refractivity contribution in [1.29, 1.82) is 0 Å². The van der Waals surface area contributed by atoms with Gasteiger partial charge in [0.15, 0.2) is 0 Å². The van der Waals surface area contributed by atoms with E-state index in [1.54, 1.807) is 16.8 Å². The van der Waals surface area contributed by atoms with E-state index in [9.17, 15) is 4.79 Å². The van der Waals surface area contributed by atoms with Gasteiger partial charge in [0.1, 0.15) is 5.52 Å². The van der Waals surface area contributed by atoms with Crippen LogP contribution in [0.5, 0.6) is 0 Å². The third-order valence-electron chi connectivity index (χ3n) is 3.12. The van der Waals surface area contributed by atoms with Gasteiger partial charge in [-0.1, -0.05) is 41.1 Å². The summed E-state index contributed by atoms with van der Waals surface area (Å²) in [5, 5.41) is 11.4. The van der Waals surface area contributed by atoms with Gasteiger partial charge in [-0.25, -0.2) is 4.68 Å². The first kappa shape index (κ1) is 13.6. The van der Waals surface area contributed by atoms with E-state index < -0.39 is 0 Å². The Kier molecular flexibility index (Phi) is 3.83. The smallest absolute Gasteiger partial charge is 0.226 e. The summed E-state index contributed by atoms with van der Waals surface area (Å²) in [6, 6.07) is 14.8. The maximum absolute atomic E-state index is 12.0. The maximum Gasteiger partial charge on any atom is 0.226 e. The Balaban J connectivity index is 1.65. The minimum Gasteiger partial charge on any atom is -0.325 e. The highest BCUT2D eigenvalue weighted by Gasteiger charge is 2.08. The molecule has 1 heterocycles. The standard InChI is InChI=1S/C15H13ClN4O/c16-11-5-1-2-6-12(11)17-15(21)9-10-20-14-8-4-3-7-13(14)18-19-20/h1-8H,9-10H2,(H,17,21). The number of aryl methyl sites for hydroxylation is 1. The van der Waals surface area contributed by atoms with Crippen molar-refractivity contribution in [2.75, 3.05) is 5.32 Å². The molecule has 0 aliphatic rings. The van der Waals surface area contributed by atoms with E-state index in [4.69, 9.17) is 11.6 Å². The average Bonchev–Trinajstić information content (AvgIpc) is 2.91. The topological polar surface area (TPSA) is 59.8 Å². The number of carbonyl (C=O) groups is 1. The Morgan fingerprint density at radius 2 is 1.90 bits per heavy atom. The summed E-state index contributed by atoms with van der Waals surface area (Å²) in [6.07, 6.45) is 0.304. The number of aromatic nitrogens is 3. The molecule has 2 aromatic carbocycles. The molecule has 0 fully saturated rings. The summed E-state index contributed by atoms with van der Waals surface area (Å²) < 4.78 is 1.72. The summed E-state index contributed by atoms with van der Waals surface area (Å²) in [5.74, 6) is -0.109. The van der Waals surface area contributed by atoms with Gasteiger partial charge >= 0.3 is 0 Å². The second-order valence-electron chi connectivity index (χ2n) is 4.58. The Morgan fingerprint density at radius 1 is 1.14 bits per heavy atom. The molecule has 0 radical (unpaired) electrons. The number of carbonyl (C=O) groups excluding carboxylic acids is 1. The number of hydrogen-bond acceptors (Lipinski definition) is 3. The number of fused-ring (bicyclic) bond motifs is 1. The first-order chi connectivity index (χ1) is 10.2. The third kappa shape index (κ3) is 3.03. The Morgan fingerprint density at radius 3 is 2.76 bits per heavy atom. The highest BCUT2D eigenvalue weighted by Crippen LogP contribution is 2.20. The van der Waals surface area contributed by atoms with Crippen molar-refractivity contribution in [3.05, 3.63) is 53.6 Å². The second-order valence-corrected chi connectivity index (χ2v) is 4.99. The van der Waals surface area contributed by atoms with E-state index in [0.29, 0.717) is 23.7 Å². The Labute approximate surface area is 126 Å². The maximum atomic E-state index is 12.0. The minimum absolute atomic E-state index is 0.109. The van der Waals surface area contributed by atoms with E-state index >= 15 is 0 Å². The van der Waals surface area contributed by atoms with E-state index in [1.165, 1.54) is 0 Å². The number of amides is 1. The Hall–Kier alpha value is -2.40. The van der Waals surface area contributed by atoms with Gasteiger partial charge in [-0.2, -0.15) is 0 Å². The molecule has 6 heteroatoms. The van der Waals surface area contributed by atoms with Crippen LogP contribution in [0.4, 0.5) is 5.69 Å². The van der Waals surface area contributed by atoms with Crippen LogP contribution in [0.1, 0.15) is 6.42 Å². The molecule has 0 saturated carbocycles. The van der Waals surface area contributed by atoms with Gasteiger partial charge in [-0.15, -0.1) is 5.10 Å². The van der Waals surface area contributed by atoms with Gasteiger partial charge in [0.25, 0.3) is 0 Å². The summed E-state index contributed by atoms with van der Waals surface area (Å²) >= 11 is 6.00. The SMILES string of the molecule is O=C(CCn1nnc2ccccc21)Nc1ccccc1Cl. The fraction of sp³-hybridized carbons (Fsp3) is 0.133. The zero-order chi connectivity index (χ0) is 14.7. The molecule has 0 bridgehead atoms. The van der Waals surface area contributed by atoms with Gasteiger partial charge in [0, 0.05) is 6.42 Å². The van der Waals surface area contributed by atoms with Crippen molar-refractivity contribution in [2.45, 2.75) is 13.0 Å². The first-order valence-corrected chi connectivity index (χ1v) is 6.94. The lowest BCUT2D eigenvalue weighted by Crippen LogP contribution is -2.15. The molecule has 5 nitrogen and oxygen atoms in total. The van der Waals surface area contributed by atoms with Gasteiger partial charge in [0.05, 0.1) is 22.8 Å². The molecule has 0 atom stereocenters. The average molecular weight is 301 g/mol. The van der Waals surface area contributed by atoms with Crippen molar-refractivity contribution in [3.8, 4) is 0 Å². The lowest BCUT2D eigenvalue weighted by molar-refractivity contribution is -0.116. The van der Waals surface area contributed by atoms with E-state index in [1.807, 2.05) is 36.4 Å². The molecule has 1 amide bonds. The molecule has 0 spiro atoms. The van der Waals surface area contributed by atoms with Crippen molar-refractivity contribution < 1.29 is 4.79 Å². The molecule has 0 aliphatic heterocycles. The summed E-state index contributed by atoms with van der Waals surface area (Å²) in [6.45, 7) is 0.469. The third-order valence-corrected chi connectivity index (χ3v) is 3.45. The Bertz CT molecular complexity index is 784. The van der Waals surface area contributed by atoms with Crippen LogP contribution in [-0.4, -0.2) is 20.9 Å². The quantitative estimate of drug-likeness (QED) is 0.805. The van der Waals surface area contributed by atoms with Crippen molar-refractivity contribution in [2.24, 2.45) is 0 Å². The fourth-order valence-corrected chi connectivity index (χ4v) is 2.25. The van der Waals surface area contributed by atoms with Crippen LogP contribution in [-0.2, 0) is 11.3 Å². The fourth-order valence-electron chi connectivity index (χ4n) is 2.07. The van der Waals surface area contributed by atoms with Crippen LogP contribution in [0.3, 0.4) is 0 Å². The molecule has 1 aromatic heterocycles. The molecule has 3 aromatic rings. The normalized spacial score (nSPS) is 10.7. The number of nitrogens with zero attached hydrogens (tertiary/aromatic N) is 3. The molecule has 0 aliphatic carbocycles. The summed E-state index contributed by atoms with van der Waals surface area (Å²) in [4.78, 5) is 12.0. The van der Waals surface area contributed by atoms with E-state index in [-0.39, 0.29) is 5.91 Å². The number of nitrogens with one attached hydrogen (secondary N) is 1. The van der Waals surface area contributed by atoms with Gasteiger partial charge in [-0.3, -0.25) is 4.79 Å². The molecule has 106 valence electrons. The second kappa shape index (κ2) is 5.93. The lowest BCUT2D eigenvalue weighted by Gasteiger charge is -2.07. The van der Waals surface area contributed by atoms with E-state index in [2.05, 4.69) is 15.6 Å². The van der Waals surface area contributed by atoms with Crippen molar-refractivity contribution in [3.63, 3.8) is 0 Å². The predicted octanol–water partition coefficient (Wildman–Crippen LogP) is 3.11. The zero-order valence-corrected chi connectivity index (χ0v) is 11.9. The molecular formula is C15H13ClN4O. The summed E-state index contributed by atoms with van der Waals surface area (Å²) in [7, 11) is 0. The van der Waals surface area contributed by atoms with Crippen molar-refractivity contribution in [1.82, 2.24) is 15.0 Å². The minimum atomic E-state index is -0.109. The van der Waals surface area contributed by atoms with Crippen LogP contribution in [0.25, 0.3) is 11.0 Å². The summed E-state index contributed by atoms with van der Waals surface area (Å²) in [5.41, 5.74) is 2.36. The molecule has 1 N–H and O–H groups in total. The zero-order valence-electron chi connectivity index (χ0n) is 11.2. The highest BCUT2D eigenvalue weighted by molar-refractivity contribution is 6.33. The van der Waals surface area contributed by atoms with Crippen molar-refractivity contribution >= 4 is 34.2 Å². The van der Waals surface area contributed by atoms with Crippen LogP contribution in [0.2, 0.25) is 5.02 Å². The largest absolute Gasteiger partial charge is 0.325 e. The molecule has 0 unspecified atom stereocenters. The van der Waals surface area contributed by atoms with Gasteiger partial charge < -0.3 is 5.32 Å². The predicted molar refractivity (Wildman–Crippen MR) is 82.2 cm³/mol. The van der Waals surface area contributed by atoms with Crippen LogP contribution in [0.15, 0.2) is 48.5 Å². The molecule has 21 heavy (non-hydrogen) atoms. The molecular weight excluding hydrogens is 288 g/mol. The first-order valence-electron chi connectivity index (χ1n) is 6.56. The number of rotatable bonds is 4. The number of para-hydroxylation sites is 2. The number of anilines is 1. The molecule has 3 rings (SSSR count). The number of benzene rings is 2. The number of halogens is 1. The van der Waals surface area contributed by atoms with E-state index in [0.717, 1.165) is 11.0 Å². The van der Waals surface area contributed by atoms with Gasteiger partial charge in [0.2, 0.25) is 5.91 Å². The van der Waals surface area contributed by atoms with Crippen LogP contribution < -0.4 is 5.32 Å². The number of hydrogen-bond donors (Lipinski definition) is 1. The van der Waals surface area contributed by atoms with Crippen LogP contribution in [0, 0.1) is 0 Å². The molecule has 0 saturated heterocycles. The monoisotopic (exact) mass is 300 g/mol. The lowest BCUT2D eigenvalue weighted by atomic mass is 10.3. The van der Waals surface area contributed by atoms with Gasteiger partial charge in [-0.05, 0) is 24.3 Å².